The van der Waals surface area contributed by atoms with Gasteiger partial charge in [-0.05, 0) is 31.7 Å². The van der Waals surface area contributed by atoms with Crippen LogP contribution in [0.4, 0.5) is 0 Å². The number of nitrogens with one attached hydrogen (secondary N) is 2. The molecule has 1 saturated heterocycles. The Morgan fingerprint density at radius 2 is 1.94 bits per heavy atom. The van der Waals surface area contributed by atoms with Gasteiger partial charge in [-0.25, -0.2) is 0 Å². The van der Waals surface area contributed by atoms with E-state index in [1.807, 2.05) is 0 Å². The van der Waals surface area contributed by atoms with Gasteiger partial charge in [0.05, 0.1) is 5.92 Å². The highest BCUT2D eigenvalue weighted by molar-refractivity contribution is 5.85. The van der Waals surface area contributed by atoms with Gasteiger partial charge in [-0.1, -0.05) is 19.3 Å². The van der Waals surface area contributed by atoms with E-state index in [0.717, 1.165) is 32.0 Å². The standard InChI is InChI=1S/C12H22N2O.ClH/c15-12(11-6-7-13-9-11)14-8-10-4-2-1-3-5-10;/h10-11,13H,1-9H2,(H,14,15);1H. The van der Waals surface area contributed by atoms with E-state index in [9.17, 15) is 4.79 Å². The Morgan fingerprint density at radius 3 is 2.56 bits per heavy atom. The number of rotatable bonds is 3. The molecule has 1 heterocycles. The Labute approximate surface area is 104 Å². The van der Waals surface area contributed by atoms with E-state index < -0.39 is 0 Å². The molecule has 2 rings (SSSR count). The normalized spacial score (nSPS) is 26.1. The van der Waals surface area contributed by atoms with E-state index >= 15 is 0 Å². The minimum absolute atomic E-state index is 0. The van der Waals surface area contributed by atoms with Crippen LogP contribution >= 0.6 is 12.4 Å². The van der Waals surface area contributed by atoms with Crippen LogP contribution in [0, 0.1) is 11.8 Å². The summed E-state index contributed by atoms with van der Waals surface area (Å²) in [6.07, 6.45) is 7.72. The first kappa shape index (κ1) is 13.8. The van der Waals surface area contributed by atoms with Gasteiger partial charge in [0, 0.05) is 13.1 Å². The minimum atomic E-state index is 0. The van der Waals surface area contributed by atoms with Gasteiger partial charge in [0.1, 0.15) is 0 Å². The second kappa shape index (κ2) is 7.13. The van der Waals surface area contributed by atoms with Crippen molar-refractivity contribution in [3.8, 4) is 0 Å². The third kappa shape index (κ3) is 3.95. The predicted molar refractivity (Wildman–Crippen MR) is 67.8 cm³/mol. The number of hydrogen-bond acceptors (Lipinski definition) is 2. The van der Waals surface area contributed by atoms with Gasteiger partial charge in [0.2, 0.25) is 5.91 Å². The van der Waals surface area contributed by atoms with Crippen molar-refractivity contribution in [2.45, 2.75) is 38.5 Å². The smallest absolute Gasteiger partial charge is 0.224 e. The lowest BCUT2D eigenvalue weighted by Crippen LogP contribution is -2.35. The van der Waals surface area contributed by atoms with Crippen molar-refractivity contribution in [1.82, 2.24) is 10.6 Å². The van der Waals surface area contributed by atoms with E-state index in [-0.39, 0.29) is 24.2 Å². The zero-order chi connectivity index (χ0) is 10.5. The molecule has 1 unspecified atom stereocenters. The van der Waals surface area contributed by atoms with Crippen molar-refractivity contribution in [2.75, 3.05) is 19.6 Å². The summed E-state index contributed by atoms with van der Waals surface area (Å²) in [5.41, 5.74) is 0. The molecule has 0 radical (unpaired) electrons. The zero-order valence-corrected chi connectivity index (χ0v) is 10.7. The van der Waals surface area contributed by atoms with Crippen molar-refractivity contribution in [2.24, 2.45) is 11.8 Å². The van der Waals surface area contributed by atoms with Crippen LogP contribution in [-0.2, 0) is 4.79 Å². The summed E-state index contributed by atoms with van der Waals surface area (Å²) in [5, 5.41) is 6.35. The minimum Gasteiger partial charge on any atom is -0.356 e. The van der Waals surface area contributed by atoms with Crippen LogP contribution in [0.5, 0.6) is 0 Å². The van der Waals surface area contributed by atoms with Crippen LogP contribution in [-0.4, -0.2) is 25.5 Å². The van der Waals surface area contributed by atoms with Crippen LogP contribution in [0.2, 0.25) is 0 Å². The quantitative estimate of drug-likeness (QED) is 0.796. The number of halogens is 1. The van der Waals surface area contributed by atoms with E-state index in [4.69, 9.17) is 0 Å². The first-order valence-corrected chi connectivity index (χ1v) is 6.34. The summed E-state index contributed by atoms with van der Waals surface area (Å²) >= 11 is 0. The summed E-state index contributed by atoms with van der Waals surface area (Å²) in [5.74, 6) is 1.25. The summed E-state index contributed by atoms with van der Waals surface area (Å²) < 4.78 is 0. The first-order chi connectivity index (χ1) is 7.36. The molecule has 0 aromatic rings. The lowest BCUT2D eigenvalue weighted by Gasteiger charge is -2.22. The molecule has 1 saturated carbocycles. The monoisotopic (exact) mass is 246 g/mol. The Hall–Kier alpha value is -0.280. The molecular weight excluding hydrogens is 224 g/mol. The molecule has 2 aliphatic rings. The van der Waals surface area contributed by atoms with Crippen molar-refractivity contribution in [3.63, 3.8) is 0 Å². The molecule has 0 bridgehead atoms. The fraction of sp³-hybridized carbons (Fsp3) is 0.917. The highest BCUT2D eigenvalue weighted by atomic mass is 35.5. The van der Waals surface area contributed by atoms with E-state index in [1.54, 1.807) is 0 Å². The van der Waals surface area contributed by atoms with Crippen molar-refractivity contribution in [1.29, 1.82) is 0 Å². The van der Waals surface area contributed by atoms with Gasteiger partial charge in [-0.15, -0.1) is 12.4 Å². The molecule has 94 valence electrons. The molecule has 0 aromatic heterocycles. The topological polar surface area (TPSA) is 41.1 Å². The Balaban J connectivity index is 0.00000128. The van der Waals surface area contributed by atoms with Crippen LogP contribution < -0.4 is 10.6 Å². The highest BCUT2D eigenvalue weighted by Crippen LogP contribution is 2.22. The average Bonchev–Trinajstić information content (AvgIpc) is 2.81. The third-order valence-electron chi connectivity index (χ3n) is 3.72. The van der Waals surface area contributed by atoms with Crippen molar-refractivity contribution in [3.05, 3.63) is 0 Å². The maximum atomic E-state index is 11.7. The Bertz CT molecular complexity index is 211. The lowest BCUT2D eigenvalue weighted by atomic mass is 9.89. The number of hydrogen-bond donors (Lipinski definition) is 2. The molecule has 1 amide bonds. The fourth-order valence-electron chi connectivity index (χ4n) is 2.66. The number of carbonyl (C=O) groups excluding carboxylic acids is 1. The SMILES string of the molecule is Cl.O=C(NCC1CCCCC1)C1CCNC1. The van der Waals surface area contributed by atoms with Gasteiger partial charge in [-0.3, -0.25) is 4.79 Å². The van der Waals surface area contributed by atoms with Gasteiger partial charge in [0.25, 0.3) is 0 Å². The molecule has 0 aromatic carbocycles. The van der Waals surface area contributed by atoms with E-state index in [2.05, 4.69) is 10.6 Å². The molecule has 1 atom stereocenters. The van der Waals surface area contributed by atoms with Crippen LogP contribution in [0.3, 0.4) is 0 Å². The van der Waals surface area contributed by atoms with Crippen LogP contribution in [0.1, 0.15) is 38.5 Å². The summed E-state index contributed by atoms with van der Waals surface area (Å²) in [6.45, 7) is 2.79. The van der Waals surface area contributed by atoms with E-state index in [1.165, 1.54) is 32.1 Å². The molecule has 1 aliphatic heterocycles. The molecule has 4 heteroatoms. The number of carbonyl (C=O) groups is 1. The molecule has 2 fully saturated rings. The Kier molecular flexibility index (Phi) is 6.14. The van der Waals surface area contributed by atoms with Crippen molar-refractivity contribution < 1.29 is 4.79 Å². The largest absolute Gasteiger partial charge is 0.356 e. The maximum Gasteiger partial charge on any atom is 0.224 e. The molecule has 1 aliphatic carbocycles. The fourth-order valence-corrected chi connectivity index (χ4v) is 2.66. The van der Waals surface area contributed by atoms with Crippen molar-refractivity contribution >= 4 is 18.3 Å². The van der Waals surface area contributed by atoms with Gasteiger partial charge >= 0.3 is 0 Å². The predicted octanol–water partition coefficient (Wildman–Crippen LogP) is 1.71. The van der Waals surface area contributed by atoms with E-state index in [0.29, 0.717) is 0 Å². The third-order valence-corrected chi connectivity index (χ3v) is 3.72. The van der Waals surface area contributed by atoms with Gasteiger partial charge in [-0.2, -0.15) is 0 Å². The number of amides is 1. The van der Waals surface area contributed by atoms with Crippen LogP contribution in [0.15, 0.2) is 0 Å². The molecule has 3 nitrogen and oxygen atoms in total. The average molecular weight is 247 g/mol. The first-order valence-electron chi connectivity index (χ1n) is 6.34. The molecule has 16 heavy (non-hydrogen) atoms. The summed E-state index contributed by atoms with van der Waals surface area (Å²) in [6, 6.07) is 0. The second-order valence-corrected chi connectivity index (χ2v) is 4.94. The lowest BCUT2D eigenvalue weighted by molar-refractivity contribution is -0.124. The highest BCUT2D eigenvalue weighted by Gasteiger charge is 2.23. The molecular formula is C12H23ClN2O. The Morgan fingerprint density at radius 1 is 1.19 bits per heavy atom. The second-order valence-electron chi connectivity index (χ2n) is 4.94. The molecule has 0 spiro atoms. The molecule has 2 N–H and O–H groups in total. The van der Waals surface area contributed by atoms with Gasteiger partial charge in [0.15, 0.2) is 0 Å². The zero-order valence-electron chi connectivity index (χ0n) is 9.84. The summed E-state index contributed by atoms with van der Waals surface area (Å²) in [4.78, 5) is 11.7. The maximum absolute atomic E-state index is 11.7. The van der Waals surface area contributed by atoms with Gasteiger partial charge < -0.3 is 10.6 Å². The summed E-state index contributed by atoms with van der Waals surface area (Å²) in [7, 11) is 0. The van der Waals surface area contributed by atoms with Crippen LogP contribution in [0.25, 0.3) is 0 Å².